The summed E-state index contributed by atoms with van der Waals surface area (Å²) in [6, 6.07) is 13.9. The van der Waals surface area contributed by atoms with Crippen molar-refractivity contribution in [1.82, 2.24) is 15.5 Å². The van der Waals surface area contributed by atoms with Crippen LogP contribution in [0.5, 0.6) is 0 Å². The maximum absolute atomic E-state index is 12.6. The standard InChI is InChI=1S/C20H27N3O2S/c1-4-23(13-18(24)21-15(2)3)14-19(25)22-20(17-11-8-12-26-17)16-9-6-5-7-10-16/h5-12,15,20H,4,13-14H2,1-3H3,(H,21,24)(H,22,25)/t20-/m1/s1. The molecule has 1 atom stereocenters. The second-order valence-electron chi connectivity index (χ2n) is 6.45. The van der Waals surface area contributed by atoms with Crippen molar-refractivity contribution in [3.8, 4) is 0 Å². The number of hydrogen-bond acceptors (Lipinski definition) is 4. The Hall–Kier alpha value is -2.18. The van der Waals surface area contributed by atoms with Gasteiger partial charge in [0, 0.05) is 10.9 Å². The average Bonchev–Trinajstić information content (AvgIpc) is 3.13. The van der Waals surface area contributed by atoms with Gasteiger partial charge in [0.25, 0.3) is 0 Å². The lowest BCUT2D eigenvalue weighted by atomic mass is 10.1. The van der Waals surface area contributed by atoms with Crippen molar-refractivity contribution in [2.45, 2.75) is 32.9 Å². The summed E-state index contributed by atoms with van der Waals surface area (Å²) in [4.78, 5) is 27.5. The highest BCUT2D eigenvalue weighted by Gasteiger charge is 2.20. The average molecular weight is 374 g/mol. The van der Waals surface area contributed by atoms with Gasteiger partial charge in [-0.1, -0.05) is 43.3 Å². The largest absolute Gasteiger partial charge is 0.353 e. The number of benzene rings is 1. The zero-order valence-electron chi connectivity index (χ0n) is 15.6. The molecule has 26 heavy (non-hydrogen) atoms. The van der Waals surface area contributed by atoms with Gasteiger partial charge in [-0.15, -0.1) is 11.3 Å². The fraction of sp³-hybridized carbons (Fsp3) is 0.400. The Bertz CT molecular complexity index is 686. The van der Waals surface area contributed by atoms with Crippen LogP contribution in [0.1, 0.15) is 37.3 Å². The van der Waals surface area contributed by atoms with E-state index in [0.29, 0.717) is 6.54 Å². The Morgan fingerprint density at radius 2 is 1.65 bits per heavy atom. The maximum Gasteiger partial charge on any atom is 0.234 e. The Morgan fingerprint density at radius 1 is 1.00 bits per heavy atom. The van der Waals surface area contributed by atoms with Crippen LogP contribution >= 0.6 is 11.3 Å². The number of carbonyl (C=O) groups excluding carboxylic acids is 2. The molecule has 0 radical (unpaired) electrons. The molecule has 2 rings (SSSR count). The van der Waals surface area contributed by atoms with E-state index in [-0.39, 0.29) is 37.0 Å². The summed E-state index contributed by atoms with van der Waals surface area (Å²) in [5.74, 6) is -0.154. The van der Waals surface area contributed by atoms with E-state index in [2.05, 4.69) is 10.6 Å². The third-order valence-corrected chi connectivity index (χ3v) is 4.83. The molecule has 6 heteroatoms. The van der Waals surface area contributed by atoms with E-state index in [1.807, 2.05) is 73.5 Å². The van der Waals surface area contributed by atoms with Crippen molar-refractivity contribution in [1.29, 1.82) is 0 Å². The number of amides is 2. The monoisotopic (exact) mass is 373 g/mol. The molecule has 0 unspecified atom stereocenters. The Balaban J connectivity index is 2.01. The summed E-state index contributed by atoms with van der Waals surface area (Å²) in [7, 11) is 0. The van der Waals surface area contributed by atoms with E-state index in [1.54, 1.807) is 11.3 Å². The lowest BCUT2D eigenvalue weighted by molar-refractivity contribution is -0.125. The maximum atomic E-state index is 12.6. The van der Waals surface area contributed by atoms with Gasteiger partial charge >= 0.3 is 0 Å². The Kier molecular flexibility index (Phi) is 7.81. The first-order valence-corrected chi connectivity index (χ1v) is 9.77. The number of likely N-dealkylation sites (N-methyl/N-ethyl adjacent to an activating group) is 1. The van der Waals surface area contributed by atoms with Gasteiger partial charge in [0.2, 0.25) is 11.8 Å². The third kappa shape index (κ3) is 6.28. The van der Waals surface area contributed by atoms with Crippen molar-refractivity contribution in [3.63, 3.8) is 0 Å². The highest BCUT2D eigenvalue weighted by molar-refractivity contribution is 7.10. The molecule has 0 spiro atoms. The van der Waals surface area contributed by atoms with Gasteiger partial charge in [0.15, 0.2) is 0 Å². The lowest BCUT2D eigenvalue weighted by Gasteiger charge is -2.23. The zero-order valence-corrected chi connectivity index (χ0v) is 16.4. The van der Waals surface area contributed by atoms with Gasteiger partial charge in [0.1, 0.15) is 0 Å². The molecule has 2 aromatic rings. The molecule has 0 saturated heterocycles. The van der Waals surface area contributed by atoms with Gasteiger partial charge in [-0.2, -0.15) is 0 Å². The number of nitrogens with one attached hydrogen (secondary N) is 2. The minimum absolute atomic E-state index is 0.0625. The summed E-state index contributed by atoms with van der Waals surface area (Å²) in [6.45, 7) is 6.84. The molecule has 0 aliphatic rings. The number of rotatable bonds is 9. The third-order valence-electron chi connectivity index (χ3n) is 3.90. The van der Waals surface area contributed by atoms with Gasteiger partial charge in [-0.3, -0.25) is 14.5 Å². The summed E-state index contributed by atoms with van der Waals surface area (Å²) < 4.78 is 0. The number of thiophene rings is 1. The molecule has 2 amide bonds. The molecule has 0 saturated carbocycles. The van der Waals surface area contributed by atoms with Gasteiger partial charge < -0.3 is 10.6 Å². The predicted octanol–water partition coefficient (Wildman–Crippen LogP) is 2.80. The highest BCUT2D eigenvalue weighted by Crippen LogP contribution is 2.25. The molecule has 0 fully saturated rings. The number of carbonyl (C=O) groups is 2. The van der Waals surface area contributed by atoms with Crippen LogP contribution in [0.15, 0.2) is 47.8 Å². The van der Waals surface area contributed by atoms with Gasteiger partial charge in [-0.05, 0) is 37.4 Å². The van der Waals surface area contributed by atoms with E-state index in [4.69, 9.17) is 0 Å². The molecule has 140 valence electrons. The summed E-state index contributed by atoms with van der Waals surface area (Å²) >= 11 is 1.62. The van der Waals surface area contributed by atoms with Crippen molar-refractivity contribution in [2.75, 3.05) is 19.6 Å². The second kappa shape index (κ2) is 10.1. The van der Waals surface area contributed by atoms with Crippen LogP contribution in [0.2, 0.25) is 0 Å². The van der Waals surface area contributed by atoms with Crippen LogP contribution in [0.4, 0.5) is 0 Å². The van der Waals surface area contributed by atoms with E-state index >= 15 is 0 Å². The first-order valence-electron chi connectivity index (χ1n) is 8.89. The van der Waals surface area contributed by atoms with Gasteiger partial charge in [0.05, 0.1) is 19.1 Å². The van der Waals surface area contributed by atoms with Crippen LogP contribution in [0.25, 0.3) is 0 Å². The summed E-state index contributed by atoms with van der Waals surface area (Å²) in [5, 5.41) is 7.98. The van der Waals surface area contributed by atoms with E-state index in [1.165, 1.54) is 0 Å². The van der Waals surface area contributed by atoms with Crippen molar-refractivity contribution in [2.24, 2.45) is 0 Å². The van der Waals surface area contributed by atoms with Crippen LogP contribution in [0, 0.1) is 0 Å². The van der Waals surface area contributed by atoms with Gasteiger partial charge in [-0.25, -0.2) is 0 Å². The summed E-state index contributed by atoms with van der Waals surface area (Å²) in [5.41, 5.74) is 1.05. The molecule has 1 aromatic carbocycles. The first-order chi connectivity index (χ1) is 12.5. The minimum Gasteiger partial charge on any atom is -0.353 e. The van der Waals surface area contributed by atoms with Crippen LogP contribution in [0.3, 0.4) is 0 Å². The van der Waals surface area contributed by atoms with Crippen LogP contribution < -0.4 is 10.6 Å². The van der Waals surface area contributed by atoms with E-state index in [0.717, 1.165) is 10.4 Å². The zero-order chi connectivity index (χ0) is 18.9. The SMILES string of the molecule is CCN(CC(=O)NC(C)C)CC(=O)N[C@H](c1ccccc1)c1cccs1. The molecule has 0 bridgehead atoms. The predicted molar refractivity (Wildman–Crippen MR) is 106 cm³/mol. The van der Waals surface area contributed by atoms with Crippen molar-refractivity contribution in [3.05, 3.63) is 58.3 Å². The smallest absolute Gasteiger partial charge is 0.234 e. The first kappa shape index (κ1) is 20.1. The topological polar surface area (TPSA) is 61.4 Å². The molecule has 1 heterocycles. The Labute approximate surface area is 159 Å². The van der Waals surface area contributed by atoms with Crippen molar-refractivity contribution < 1.29 is 9.59 Å². The molecular formula is C20H27N3O2S. The lowest BCUT2D eigenvalue weighted by Crippen LogP contribution is -2.44. The molecule has 0 aliphatic carbocycles. The Morgan fingerprint density at radius 3 is 2.19 bits per heavy atom. The number of nitrogens with zero attached hydrogens (tertiary/aromatic N) is 1. The highest BCUT2D eigenvalue weighted by atomic mass is 32.1. The quantitative estimate of drug-likeness (QED) is 0.710. The normalized spacial score (nSPS) is 12.2. The molecule has 0 aliphatic heterocycles. The van der Waals surface area contributed by atoms with Crippen molar-refractivity contribution >= 4 is 23.2 Å². The molecule has 2 N–H and O–H groups in total. The fourth-order valence-electron chi connectivity index (χ4n) is 2.68. The molecule has 1 aromatic heterocycles. The minimum atomic E-state index is -0.174. The van der Waals surface area contributed by atoms with Crippen LogP contribution in [-0.4, -0.2) is 42.4 Å². The molecule has 5 nitrogen and oxygen atoms in total. The van der Waals surface area contributed by atoms with E-state index < -0.39 is 0 Å². The molecular weight excluding hydrogens is 346 g/mol. The van der Waals surface area contributed by atoms with Crippen LogP contribution in [-0.2, 0) is 9.59 Å². The van der Waals surface area contributed by atoms with E-state index in [9.17, 15) is 9.59 Å². The number of hydrogen-bond donors (Lipinski definition) is 2. The fourth-order valence-corrected chi connectivity index (χ4v) is 3.48. The second-order valence-corrected chi connectivity index (χ2v) is 7.43. The summed E-state index contributed by atoms with van der Waals surface area (Å²) in [6.07, 6.45) is 0.